The van der Waals surface area contributed by atoms with Crippen molar-refractivity contribution in [1.29, 1.82) is 0 Å². The Balaban J connectivity index is 1.82. The third-order valence-electron chi connectivity index (χ3n) is 3.58. The molecule has 0 bridgehead atoms. The van der Waals surface area contributed by atoms with Crippen molar-refractivity contribution < 1.29 is 19.1 Å². The van der Waals surface area contributed by atoms with Crippen molar-refractivity contribution >= 4 is 29.2 Å². The molecule has 0 radical (unpaired) electrons. The Morgan fingerprint density at radius 1 is 1.12 bits per heavy atom. The first kappa shape index (κ1) is 18.8. The molecule has 0 saturated heterocycles. The minimum Gasteiger partial charge on any atom is -0.496 e. The average Bonchev–Trinajstić information content (AvgIpc) is 2.62. The molecule has 0 heterocycles. The summed E-state index contributed by atoms with van der Waals surface area (Å²) in [7, 11) is 1.58. The summed E-state index contributed by atoms with van der Waals surface area (Å²) in [6.45, 7) is 1.53. The Hall–Kier alpha value is -2.53. The molecule has 1 atom stereocenters. The number of hydrogen-bond acceptors (Lipinski definition) is 4. The highest BCUT2D eigenvalue weighted by atomic mass is 35.5. The van der Waals surface area contributed by atoms with Crippen molar-refractivity contribution in [3.8, 4) is 5.75 Å². The molecule has 2 aromatic carbocycles. The molecule has 5 nitrogen and oxygen atoms in total. The van der Waals surface area contributed by atoms with Crippen LogP contribution in [0.15, 0.2) is 48.5 Å². The van der Waals surface area contributed by atoms with Crippen LogP contribution in [-0.4, -0.2) is 25.1 Å². The van der Waals surface area contributed by atoms with Crippen molar-refractivity contribution in [2.75, 3.05) is 12.4 Å². The van der Waals surface area contributed by atoms with Crippen molar-refractivity contribution in [2.45, 2.75) is 25.9 Å². The lowest BCUT2D eigenvalue weighted by atomic mass is 10.1. The standard InChI is InChI=1S/C19H20ClNO4/c1-13(19(23)21-16-10-8-15(20)9-11-16)25-18(22)12-7-14-5-3-4-6-17(14)24-2/h3-6,8-11,13H,7,12H2,1-2H3,(H,21,23)/t13-/m1/s1. The Bertz CT molecular complexity index is 730. The third-order valence-corrected chi connectivity index (χ3v) is 3.83. The highest BCUT2D eigenvalue weighted by Gasteiger charge is 2.18. The highest BCUT2D eigenvalue weighted by Crippen LogP contribution is 2.19. The lowest BCUT2D eigenvalue weighted by Gasteiger charge is -2.14. The van der Waals surface area contributed by atoms with Gasteiger partial charge < -0.3 is 14.8 Å². The minimum absolute atomic E-state index is 0.166. The van der Waals surface area contributed by atoms with Crippen LogP contribution in [0.4, 0.5) is 5.69 Å². The van der Waals surface area contributed by atoms with Crippen LogP contribution in [-0.2, 0) is 20.7 Å². The van der Waals surface area contributed by atoms with E-state index in [9.17, 15) is 9.59 Å². The summed E-state index contributed by atoms with van der Waals surface area (Å²) in [6, 6.07) is 14.2. The fraction of sp³-hybridized carbons (Fsp3) is 0.263. The van der Waals surface area contributed by atoms with E-state index in [-0.39, 0.29) is 6.42 Å². The normalized spacial score (nSPS) is 11.5. The maximum absolute atomic E-state index is 12.1. The number of anilines is 1. The summed E-state index contributed by atoms with van der Waals surface area (Å²) in [5, 5.41) is 3.25. The molecule has 0 aliphatic heterocycles. The Morgan fingerprint density at radius 3 is 2.48 bits per heavy atom. The average molecular weight is 362 g/mol. The summed E-state index contributed by atoms with van der Waals surface area (Å²) < 4.78 is 10.4. The molecule has 2 aromatic rings. The second-order valence-electron chi connectivity index (χ2n) is 5.44. The van der Waals surface area contributed by atoms with Gasteiger partial charge >= 0.3 is 5.97 Å². The molecule has 0 aliphatic rings. The predicted molar refractivity (Wildman–Crippen MR) is 97.0 cm³/mol. The molecule has 1 N–H and O–H groups in total. The van der Waals surface area contributed by atoms with Crippen LogP contribution in [0.25, 0.3) is 0 Å². The molecule has 6 heteroatoms. The quantitative estimate of drug-likeness (QED) is 0.761. The zero-order chi connectivity index (χ0) is 18.2. The molecule has 0 fully saturated rings. The second kappa shape index (κ2) is 9.08. The first-order valence-corrected chi connectivity index (χ1v) is 8.25. The van der Waals surface area contributed by atoms with Crippen LogP contribution in [0, 0.1) is 0 Å². The Kier molecular flexibility index (Phi) is 6.83. The molecule has 0 unspecified atom stereocenters. The van der Waals surface area contributed by atoms with E-state index in [0.29, 0.717) is 17.1 Å². The number of amides is 1. The first-order chi connectivity index (χ1) is 12.0. The van der Waals surface area contributed by atoms with E-state index in [1.54, 1.807) is 31.4 Å². The highest BCUT2D eigenvalue weighted by molar-refractivity contribution is 6.30. The van der Waals surface area contributed by atoms with Gasteiger partial charge in [0.25, 0.3) is 5.91 Å². The van der Waals surface area contributed by atoms with Gasteiger partial charge in [-0.25, -0.2) is 0 Å². The fourth-order valence-electron chi connectivity index (χ4n) is 2.23. The molecular weight excluding hydrogens is 342 g/mol. The number of carbonyl (C=O) groups is 2. The molecule has 1 amide bonds. The van der Waals surface area contributed by atoms with Crippen molar-refractivity contribution in [2.24, 2.45) is 0 Å². The van der Waals surface area contributed by atoms with E-state index < -0.39 is 18.0 Å². The lowest BCUT2D eigenvalue weighted by molar-refractivity contribution is -0.153. The molecule has 0 aromatic heterocycles. The van der Waals surface area contributed by atoms with Gasteiger partial charge in [-0.1, -0.05) is 29.8 Å². The number of carbonyl (C=O) groups excluding carboxylic acids is 2. The van der Waals surface area contributed by atoms with Crippen LogP contribution in [0.1, 0.15) is 18.9 Å². The minimum atomic E-state index is -0.888. The number of ether oxygens (including phenoxy) is 2. The van der Waals surface area contributed by atoms with Crippen LogP contribution >= 0.6 is 11.6 Å². The Morgan fingerprint density at radius 2 is 1.80 bits per heavy atom. The zero-order valence-electron chi connectivity index (χ0n) is 14.1. The lowest BCUT2D eigenvalue weighted by Crippen LogP contribution is -2.30. The number of rotatable bonds is 7. The molecule has 0 spiro atoms. The van der Waals surface area contributed by atoms with Gasteiger partial charge in [-0.05, 0) is 49.2 Å². The summed E-state index contributed by atoms with van der Waals surface area (Å²) in [4.78, 5) is 24.0. The topological polar surface area (TPSA) is 64.6 Å². The summed E-state index contributed by atoms with van der Waals surface area (Å²) in [6.07, 6.45) is -0.242. The van der Waals surface area contributed by atoms with Gasteiger partial charge in [0.1, 0.15) is 5.75 Å². The number of para-hydroxylation sites is 1. The van der Waals surface area contributed by atoms with E-state index in [0.717, 1.165) is 11.3 Å². The number of aryl methyl sites for hydroxylation is 1. The molecule has 0 aliphatic carbocycles. The van der Waals surface area contributed by atoms with Gasteiger partial charge in [-0.2, -0.15) is 0 Å². The second-order valence-corrected chi connectivity index (χ2v) is 5.88. The van der Waals surface area contributed by atoms with E-state index in [1.807, 2.05) is 24.3 Å². The first-order valence-electron chi connectivity index (χ1n) is 7.87. The van der Waals surface area contributed by atoms with E-state index >= 15 is 0 Å². The van der Waals surface area contributed by atoms with Crippen LogP contribution in [0.3, 0.4) is 0 Å². The van der Waals surface area contributed by atoms with Gasteiger partial charge in [0.15, 0.2) is 6.10 Å². The van der Waals surface area contributed by atoms with Crippen molar-refractivity contribution in [1.82, 2.24) is 0 Å². The van der Waals surface area contributed by atoms with Crippen LogP contribution < -0.4 is 10.1 Å². The summed E-state index contributed by atoms with van der Waals surface area (Å²) >= 11 is 5.80. The third kappa shape index (κ3) is 5.80. The van der Waals surface area contributed by atoms with Gasteiger partial charge in [0, 0.05) is 17.1 Å². The molecule has 0 saturated carbocycles. The SMILES string of the molecule is COc1ccccc1CCC(=O)O[C@H](C)C(=O)Nc1ccc(Cl)cc1. The van der Waals surface area contributed by atoms with Gasteiger partial charge in [-0.15, -0.1) is 0 Å². The van der Waals surface area contributed by atoms with Crippen molar-refractivity contribution in [3.63, 3.8) is 0 Å². The van der Waals surface area contributed by atoms with E-state index in [2.05, 4.69) is 5.32 Å². The number of methoxy groups -OCH3 is 1. The fourth-order valence-corrected chi connectivity index (χ4v) is 2.36. The molecule has 25 heavy (non-hydrogen) atoms. The van der Waals surface area contributed by atoms with Crippen LogP contribution in [0.2, 0.25) is 5.02 Å². The molecular formula is C19H20ClNO4. The smallest absolute Gasteiger partial charge is 0.306 e. The van der Waals surface area contributed by atoms with E-state index in [1.165, 1.54) is 6.92 Å². The molecule has 2 rings (SSSR count). The number of hydrogen-bond donors (Lipinski definition) is 1. The van der Waals surface area contributed by atoms with Crippen molar-refractivity contribution in [3.05, 3.63) is 59.1 Å². The van der Waals surface area contributed by atoms with E-state index in [4.69, 9.17) is 21.1 Å². The monoisotopic (exact) mass is 361 g/mol. The predicted octanol–water partition coefficient (Wildman–Crippen LogP) is 3.85. The van der Waals surface area contributed by atoms with Crippen LogP contribution in [0.5, 0.6) is 5.75 Å². The van der Waals surface area contributed by atoms with Gasteiger partial charge in [-0.3, -0.25) is 9.59 Å². The Labute approximate surface area is 151 Å². The maximum atomic E-state index is 12.1. The summed E-state index contributed by atoms with van der Waals surface area (Å²) in [5.74, 6) is -0.110. The number of benzene rings is 2. The number of halogens is 1. The number of esters is 1. The zero-order valence-corrected chi connectivity index (χ0v) is 14.9. The largest absolute Gasteiger partial charge is 0.496 e. The molecule has 132 valence electrons. The van der Waals surface area contributed by atoms with Gasteiger partial charge in [0.05, 0.1) is 7.11 Å². The number of nitrogens with one attached hydrogen (secondary N) is 1. The summed E-state index contributed by atoms with van der Waals surface area (Å²) in [5.41, 5.74) is 1.51. The van der Waals surface area contributed by atoms with Gasteiger partial charge in [0.2, 0.25) is 0 Å². The maximum Gasteiger partial charge on any atom is 0.306 e.